The molecule has 5 heteroatoms. The molecule has 2 rings (SSSR count). The van der Waals surface area contributed by atoms with Crippen molar-refractivity contribution in [3.05, 3.63) is 59.8 Å². The zero-order valence-corrected chi connectivity index (χ0v) is 11.0. The van der Waals surface area contributed by atoms with E-state index in [0.29, 0.717) is 11.4 Å². The van der Waals surface area contributed by atoms with Gasteiger partial charge in [-0.15, -0.1) is 0 Å². The summed E-state index contributed by atoms with van der Waals surface area (Å²) in [5, 5.41) is 8.69. The molecule has 100 valence electrons. The van der Waals surface area contributed by atoms with Gasteiger partial charge < -0.3 is 4.74 Å². The van der Waals surface area contributed by atoms with Crippen LogP contribution in [-0.4, -0.2) is 18.1 Å². The summed E-state index contributed by atoms with van der Waals surface area (Å²) in [4.78, 5) is 17.2. The molecule has 0 aliphatic carbocycles. The fourth-order valence-electron chi connectivity index (χ4n) is 1.56. The minimum absolute atomic E-state index is 0.209. The van der Waals surface area contributed by atoms with Crippen LogP contribution in [0.25, 0.3) is 0 Å². The Morgan fingerprint density at radius 2 is 2.05 bits per heavy atom. The number of aromatic nitrogens is 1. The molecule has 0 aliphatic heterocycles. The fraction of sp³-hybridized carbons (Fsp3) is 0.133. The molecular weight excluding hydrogens is 254 g/mol. The van der Waals surface area contributed by atoms with Crippen molar-refractivity contribution in [3.63, 3.8) is 0 Å². The highest BCUT2D eigenvalue weighted by molar-refractivity contribution is 5.85. The molecule has 0 fully saturated rings. The van der Waals surface area contributed by atoms with Gasteiger partial charge in [0.2, 0.25) is 0 Å². The molecule has 1 aromatic carbocycles. The van der Waals surface area contributed by atoms with Crippen molar-refractivity contribution in [2.45, 2.75) is 6.61 Å². The van der Waals surface area contributed by atoms with Crippen molar-refractivity contribution < 1.29 is 9.53 Å². The summed E-state index contributed by atoms with van der Waals surface area (Å²) >= 11 is 0. The number of nitriles is 1. The predicted octanol–water partition coefficient (Wildman–Crippen LogP) is 2.73. The summed E-state index contributed by atoms with van der Waals surface area (Å²) in [6.07, 6.45) is 0.919. The lowest BCUT2D eigenvalue weighted by Crippen LogP contribution is -2.27. The van der Waals surface area contributed by atoms with Gasteiger partial charge in [0.15, 0.2) is 0 Å². The van der Waals surface area contributed by atoms with Crippen LogP contribution in [0.1, 0.15) is 11.1 Å². The van der Waals surface area contributed by atoms with E-state index in [-0.39, 0.29) is 6.61 Å². The number of hydrogen-bond acceptors (Lipinski definition) is 4. The smallest absolute Gasteiger partial charge is 0.415 e. The molecule has 1 aromatic heterocycles. The van der Waals surface area contributed by atoms with Crippen LogP contribution in [0.3, 0.4) is 0 Å². The van der Waals surface area contributed by atoms with Crippen molar-refractivity contribution in [2.24, 2.45) is 0 Å². The average Bonchev–Trinajstić information content (AvgIpc) is 2.53. The summed E-state index contributed by atoms with van der Waals surface area (Å²) in [6, 6.07) is 14.6. The monoisotopic (exact) mass is 267 g/mol. The third kappa shape index (κ3) is 3.33. The number of carbonyl (C=O) groups excluding carboxylic acids is 1. The molecule has 0 spiro atoms. The molecule has 5 nitrogen and oxygen atoms in total. The first-order valence-corrected chi connectivity index (χ1v) is 6.01. The molecule has 0 radical (unpaired) electrons. The molecule has 1 amide bonds. The van der Waals surface area contributed by atoms with E-state index in [1.54, 1.807) is 19.2 Å². The van der Waals surface area contributed by atoms with Gasteiger partial charge >= 0.3 is 6.09 Å². The van der Waals surface area contributed by atoms with Gasteiger partial charge in [-0.2, -0.15) is 5.26 Å². The van der Waals surface area contributed by atoms with Gasteiger partial charge in [-0.1, -0.05) is 30.3 Å². The lowest BCUT2D eigenvalue weighted by atomic mass is 10.2. The molecule has 0 N–H and O–H groups in total. The van der Waals surface area contributed by atoms with Crippen LogP contribution >= 0.6 is 0 Å². The van der Waals surface area contributed by atoms with Gasteiger partial charge in [0.05, 0.1) is 5.56 Å². The van der Waals surface area contributed by atoms with Gasteiger partial charge in [-0.3, -0.25) is 4.90 Å². The Morgan fingerprint density at radius 1 is 1.30 bits per heavy atom. The second-order valence-corrected chi connectivity index (χ2v) is 4.12. The molecule has 0 bridgehead atoms. The van der Waals surface area contributed by atoms with E-state index >= 15 is 0 Å². The van der Waals surface area contributed by atoms with Gasteiger partial charge in [0, 0.05) is 13.2 Å². The fourth-order valence-corrected chi connectivity index (χ4v) is 1.56. The normalized spacial score (nSPS) is 9.60. The van der Waals surface area contributed by atoms with E-state index in [4.69, 9.17) is 10.00 Å². The highest BCUT2D eigenvalue weighted by Gasteiger charge is 2.13. The third-order valence-corrected chi connectivity index (χ3v) is 2.70. The Balaban J connectivity index is 1.96. The molecule has 0 atom stereocenters. The van der Waals surface area contributed by atoms with Crippen LogP contribution in [0, 0.1) is 11.3 Å². The predicted molar refractivity (Wildman–Crippen MR) is 74.0 cm³/mol. The standard InChI is InChI=1S/C15H13N3O2/c1-18(14-8-7-13(9-16)10-17-14)15(19)20-11-12-5-3-2-4-6-12/h2-8,10H,11H2,1H3. The second-order valence-electron chi connectivity index (χ2n) is 4.12. The molecule has 0 saturated carbocycles. The van der Waals surface area contributed by atoms with Crippen LogP contribution in [0.15, 0.2) is 48.7 Å². The zero-order chi connectivity index (χ0) is 14.4. The van der Waals surface area contributed by atoms with E-state index in [1.807, 2.05) is 36.4 Å². The van der Waals surface area contributed by atoms with Crippen molar-refractivity contribution in [3.8, 4) is 6.07 Å². The quantitative estimate of drug-likeness (QED) is 0.857. The topological polar surface area (TPSA) is 66.2 Å². The lowest BCUT2D eigenvalue weighted by molar-refractivity contribution is 0.148. The van der Waals surface area contributed by atoms with Gasteiger partial charge in [0.25, 0.3) is 0 Å². The van der Waals surface area contributed by atoms with E-state index in [2.05, 4.69) is 4.98 Å². The van der Waals surface area contributed by atoms with Crippen LogP contribution in [-0.2, 0) is 11.3 Å². The van der Waals surface area contributed by atoms with Crippen molar-refractivity contribution in [2.75, 3.05) is 11.9 Å². The van der Waals surface area contributed by atoms with Crippen LogP contribution in [0.2, 0.25) is 0 Å². The Hall–Kier alpha value is -2.87. The van der Waals surface area contributed by atoms with E-state index in [0.717, 1.165) is 5.56 Å². The van der Waals surface area contributed by atoms with Crippen LogP contribution in [0.4, 0.5) is 10.6 Å². The maximum Gasteiger partial charge on any atom is 0.415 e. The van der Waals surface area contributed by atoms with Gasteiger partial charge in [-0.25, -0.2) is 9.78 Å². The lowest BCUT2D eigenvalue weighted by Gasteiger charge is -2.15. The Labute approximate surface area is 117 Å². The summed E-state index contributed by atoms with van der Waals surface area (Å²) in [6.45, 7) is 0.209. The molecule has 0 saturated heterocycles. The van der Waals surface area contributed by atoms with Crippen molar-refractivity contribution in [1.82, 2.24) is 4.98 Å². The first kappa shape index (κ1) is 13.6. The minimum Gasteiger partial charge on any atom is -0.444 e. The van der Waals surface area contributed by atoms with E-state index in [1.165, 1.54) is 11.1 Å². The number of hydrogen-bond donors (Lipinski definition) is 0. The summed E-state index contributed by atoms with van der Waals surface area (Å²) in [5.41, 5.74) is 1.36. The number of nitrogens with zero attached hydrogens (tertiary/aromatic N) is 3. The number of amides is 1. The third-order valence-electron chi connectivity index (χ3n) is 2.70. The molecule has 2 aromatic rings. The van der Waals surface area contributed by atoms with E-state index in [9.17, 15) is 4.79 Å². The number of benzene rings is 1. The summed E-state index contributed by atoms with van der Waals surface area (Å²) in [5.74, 6) is 0.432. The summed E-state index contributed by atoms with van der Waals surface area (Å²) < 4.78 is 5.18. The first-order valence-electron chi connectivity index (χ1n) is 6.01. The number of ether oxygens (including phenoxy) is 1. The van der Waals surface area contributed by atoms with Crippen LogP contribution in [0.5, 0.6) is 0 Å². The molecule has 0 unspecified atom stereocenters. The molecular formula is C15H13N3O2. The van der Waals surface area contributed by atoms with E-state index < -0.39 is 6.09 Å². The maximum absolute atomic E-state index is 11.9. The highest BCUT2D eigenvalue weighted by Crippen LogP contribution is 2.11. The minimum atomic E-state index is -0.494. The molecule has 20 heavy (non-hydrogen) atoms. The zero-order valence-electron chi connectivity index (χ0n) is 11.0. The van der Waals surface area contributed by atoms with Gasteiger partial charge in [-0.05, 0) is 17.7 Å². The summed E-state index contributed by atoms with van der Waals surface area (Å²) in [7, 11) is 1.57. The average molecular weight is 267 g/mol. The number of carbonyl (C=O) groups is 1. The van der Waals surface area contributed by atoms with Crippen molar-refractivity contribution >= 4 is 11.9 Å². The van der Waals surface area contributed by atoms with Crippen LogP contribution < -0.4 is 4.90 Å². The number of pyridine rings is 1. The Kier molecular flexibility index (Phi) is 4.30. The van der Waals surface area contributed by atoms with Gasteiger partial charge in [0.1, 0.15) is 18.5 Å². The van der Waals surface area contributed by atoms with Crippen molar-refractivity contribution in [1.29, 1.82) is 5.26 Å². The number of rotatable bonds is 3. The number of anilines is 1. The first-order chi connectivity index (χ1) is 9.70. The Bertz CT molecular complexity index is 618. The second kappa shape index (κ2) is 6.34. The Morgan fingerprint density at radius 3 is 2.65 bits per heavy atom. The molecule has 0 aliphatic rings. The SMILES string of the molecule is CN(C(=O)OCc1ccccc1)c1ccc(C#N)cn1. The largest absolute Gasteiger partial charge is 0.444 e. The highest BCUT2D eigenvalue weighted by atomic mass is 16.6. The maximum atomic E-state index is 11.9. The molecule has 1 heterocycles.